The van der Waals surface area contributed by atoms with Crippen molar-refractivity contribution in [3.05, 3.63) is 57.3 Å². The Morgan fingerprint density at radius 3 is 2.67 bits per heavy atom. The number of nitrogens with one attached hydrogen (secondary N) is 1. The van der Waals surface area contributed by atoms with Crippen molar-refractivity contribution < 1.29 is 4.79 Å². The van der Waals surface area contributed by atoms with Crippen molar-refractivity contribution in [2.75, 3.05) is 19.6 Å². The van der Waals surface area contributed by atoms with Gasteiger partial charge in [0.25, 0.3) is 5.56 Å². The molecule has 1 aliphatic heterocycles. The first kappa shape index (κ1) is 21.9. The second-order valence-corrected chi connectivity index (χ2v) is 10.4. The van der Waals surface area contributed by atoms with E-state index in [0.717, 1.165) is 52.8 Å². The molecule has 0 saturated carbocycles. The summed E-state index contributed by atoms with van der Waals surface area (Å²) in [6.07, 6.45) is 4.02. The number of primary amides is 1. The molecule has 172 valence electrons. The number of carbonyl (C=O) groups excluding carboxylic acids is 1. The van der Waals surface area contributed by atoms with Gasteiger partial charge in [-0.25, -0.2) is 0 Å². The lowest BCUT2D eigenvalue weighted by Crippen LogP contribution is -2.39. The molecule has 7 heteroatoms. The van der Waals surface area contributed by atoms with Crippen LogP contribution in [0.3, 0.4) is 0 Å². The lowest BCUT2D eigenvalue weighted by Gasteiger charge is -2.31. The topological polar surface area (TPSA) is 84.1 Å². The minimum absolute atomic E-state index is 0.0518. The normalized spacial score (nSPS) is 15.8. The molecule has 0 bridgehead atoms. The Hall–Kier alpha value is -2.90. The minimum atomic E-state index is -0.255. The molecule has 4 aromatic rings. The van der Waals surface area contributed by atoms with Crippen LogP contribution >= 0.6 is 11.3 Å². The van der Waals surface area contributed by atoms with Crippen LogP contribution < -0.4 is 11.3 Å². The molecule has 0 atom stereocenters. The molecular weight excluding hydrogens is 432 g/mol. The monoisotopic (exact) mass is 462 g/mol. The predicted molar refractivity (Wildman–Crippen MR) is 136 cm³/mol. The van der Waals surface area contributed by atoms with Crippen LogP contribution in [0.1, 0.15) is 49.7 Å². The lowest BCUT2D eigenvalue weighted by molar-refractivity contribution is -0.119. The molecule has 33 heavy (non-hydrogen) atoms. The fraction of sp³-hybridized carbons (Fsp3) is 0.385. The number of aryl methyl sites for hydroxylation is 1. The van der Waals surface area contributed by atoms with E-state index in [0.29, 0.717) is 18.4 Å². The number of piperidine rings is 1. The van der Waals surface area contributed by atoms with Crippen LogP contribution in [0, 0.1) is 0 Å². The summed E-state index contributed by atoms with van der Waals surface area (Å²) in [6.45, 7) is 6.60. The third-order valence-electron chi connectivity index (χ3n) is 6.94. The van der Waals surface area contributed by atoms with Gasteiger partial charge in [0.05, 0.1) is 12.2 Å². The Kier molecular flexibility index (Phi) is 5.62. The number of rotatable bonds is 5. The molecule has 1 amide bonds. The van der Waals surface area contributed by atoms with E-state index in [-0.39, 0.29) is 11.5 Å². The number of carbonyl (C=O) groups is 1. The number of fused-ring (bicyclic) bond motifs is 2. The maximum absolute atomic E-state index is 12.6. The number of hydrogen-bond acceptors (Lipinski definition) is 4. The Bertz CT molecular complexity index is 1400. The van der Waals surface area contributed by atoms with Crippen molar-refractivity contribution >= 4 is 38.2 Å². The van der Waals surface area contributed by atoms with E-state index in [4.69, 9.17) is 5.73 Å². The summed E-state index contributed by atoms with van der Waals surface area (Å²) in [5.74, 6) is 0.555. The number of aromatic amines is 1. The summed E-state index contributed by atoms with van der Waals surface area (Å²) in [5.41, 5.74) is 11.4. The van der Waals surface area contributed by atoms with Crippen LogP contribution in [-0.4, -0.2) is 40.0 Å². The first-order valence-corrected chi connectivity index (χ1v) is 12.4. The first-order valence-electron chi connectivity index (χ1n) is 11.6. The molecule has 1 aromatic carbocycles. The highest BCUT2D eigenvalue weighted by molar-refractivity contribution is 7.17. The molecule has 1 saturated heterocycles. The number of nitrogens with two attached hydrogens (primary N) is 1. The van der Waals surface area contributed by atoms with E-state index in [2.05, 4.69) is 48.0 Å². The van der Waals surface area contributed by atoms with Crippen LogP contribution in [0.25, 0.3) is 32.2 Å². The van der Waals surface area contributed by atoms with E-state index in [9.17, 15) is 9.59 Å². The first-order chi connectivity index (χ1) is 15.8. The maximum Gasteiger partial charge on any atom is 0.268 e. The van der Waals surface area contributed by atoms with Gasteiger partial charge in [-0.1, -0.05) is 19.9 Å². The average molecular weight is 463 g/mol. The molecule has 0 radical (unpaired) electrons. The van der Waals surface area contributed by atoms with Gasteiger partial charge in [0.15, 0.2) is 0 Å². The summed E-state index contributed by atoms with van der Waals surface area (Å²) >= 11 is 1.50. The van der Waals surface area contributed by atoms with Gasteiger partial charge in [-0.3, -0.25) is 14.5 Å². The van der Waals surface area contributed by atoms with Gasteiger partial charge >= 0.3 is 0 Å². The molecule has 4 heterocycles. The van der Waals surface area contributed by atoms with Crippen molar-refractivity contribution in [3.8, 4) is 11.3 Å². The smallest absolute Gasteiger partial charge is 0.268 e. The quantitative estimate of drug-likeness (QED) is 0.457. The Morgan fingerprint density at radius 2 is 1.97 bits per heavy atom. The zero-order valence-electron chi connectivity index (χ0n) is 19.4. The number of thiophene rings is 1. The van der Waals surface area contributed by atoms with Crippen LogP contribution in [0.15, 0.2) is 40.6 Å². The van der Waals surface area contributed by atoms with Crippen molar-refractivity contribution in [3.63, 3.8) is 0 Å². The largest absolute Gasteiger partial charge is 0.369 e. The highest BCUT2D eigenvalue weighted by Gasteiger charge is 2.24. The number of aromatic nitrogens is 2. The molecule has 1 fully saturated rings. The molecule has 1 aliphatic rings. The molecule has 6 nitrogen and oxygen atoms in total. The number of pyridine rings is 1. The second kappa shape index (κ2) is 8.47. The number of benzene rings is 1. The standard InChI is InChI=1S/C26H30N4O2S/c1-15(2)23-19-12-17(16-6-9-30(10-7-16)14-22(27)31)4-5-21(19)28-24(23)20-13-29(3)26(32)25-18(20)8-11-33-25/h4-5,8,11-13,15-16,28H,6-7,9-10,14H2,1-3H3,(H2,27,31). The average Bonchev–Trinajstić information content (AvgIpc) is 3.41. The molecular formula is C26H30N4O2S. The fourth-order valence-electron chi connectivity index (χ4n) is 5.31. The zero-order chi connectivity index (χ0) is 23.3. The minimum Gasteiger partial charge on any atom is -0.369 e. The van der Waals surface area contributed by atoms with Crippen molar-refractivity contribution in [1.29, 1.82) is 0 Å². The van der Waals surface area contributed by atoms with Gasteiger partial charge in [0.2, 0.25) is 5.91 Å². The summed E-state index contributed by atoms with van der Waals surface area (Å²) in [7, 11) is 1.82. The molecule has 3 aromatic heterocycles. The van der Waals surface area contributed by atoms with Gasteiger partial charge in [-0.2, -0.15) is 0 Å². The number of amides is 1. The van der Waals surface area contributed by atoms with E-state index < -0.39 is 0 Å². The lowest BCUT2D eigenvalue weighted by atomic mass is 9.87. The SMILES string of the molecule is CC(C)c1c(-c2cn(C)c(=O)c3sccc23)[nH]c2ccc(C3CCN(CC(N)=O)CC3)cc12. The number of likely N-dealkylation sites (tertiary alicyclic amines) is 1. The van der Waals surface area contributed by atoms with Crippen LogP contribution in [-0.2, 0) is 11.8 Å². The van der Waals surface area contributed by atoms with E-state index >= 15 is 0 Å². The van der Waals surface area contributed by atoms with Crippen LogP contribution in [0.2, 0.25) is 0 Å². The fourth-order valence-corrected chi connectivity index (χ4v) is 6.20. The van der Waals surface area contributed by atoms with E-state index in [1.54, 1.807) is 4.57 Å². The Morgan fingerprint density at radius 1 is 1.21 bits per heavy atom. The predicted octanol–water partition coefficient (Wildman–Crippen LogP) is 4.54. The van der Waals surface area contributed by atoms with Crippen LogP contribution in [0.5, 0.6) is 0 Å². The summed E-state index contributed by atoms with van der Waals surface area (Å²) in [6, 6.07) is 8.84. The zero-order valence-corrected chi connectivity index (χ0v) is 20.2. The van der Waals surface area contributed by atoms with Crippen LogP contribution in [0.4, 0.5) is 0 Å². The second-order valence-electron chi connectivity index (χ2n) is 9.51. The van der Waals surface area contributed by atoms with Crippen molar-refractivity contribution in [1.82, 2.24) is 14.5 Å². The molecule has 0 spiro atoms. The molecule has 0 aliphatic carbocycles. The molecule has 3 N–H and O–H groups in total. The van der Waals surface area contributed by atoms with Gasteiger partial charge in [-0.15, -0.1) is 11.3 Å². The molecule has 0 unspecified atom stereocenters. The van der Waals surface area contributed by atoms with Crippen molar-refractivity contribution in [2.24, 2.45) is 12.8 Å². The van der Waals surface area contributed by atoms with Gasteiger partial charge < -0.3 is 15.3 Å². The number of hydrogen-bond donors (Lipinski definition) is 2. The summed E-state index contributed by atoms with van der Waals surface area (Å²) < 4.78 is 2.49. The van der Waals surface area contributed by atoms with Crippen molar-refractivity contribution in [2.45, 2.75) is 38.5 Å². The maximum atomic E-state index is 12.6. The number of H-pyrrole nitrogens is 1. The highest BCUT2D eigenvalue weighted by Crippen LogP contribution is 2.40. The summed E-state index contributed by atoms with van der Waals surface area (Å²) in [4.78, 5) is 29.7. The highest BCUT2D eigenvalue weighted by atomic mass is 32.1. The van der Waals surface area contributed by atoms with Gasteiger partial charge in [0, 0.05) is 35.1 Å². The number of nitrogens with zero attached hydrogens (tertiary/aromatic N) is 2. The third kappa shape index (κ3) is 3.89. The Labute approximate surface area is 197 Å². The third-order valence-corrected chi connectivity index (χ3v) is 7.84. The van der Waals surface area contributed by atoms with E-state index in [1.165, 1.54) is 27.8 Å². The molecule has 5 rings (SSSR count). The summed E-state index contributed by atoms with van der Waals surface area (Å²) in [5, 5.41) is 4.27. The van der Waals surface area contributed by atoms with E-state index in [1.807, 2.05) is 18.6 Å². The van der Waals surface area contributed by atoms with Gasteiger partial charge in [0.1, 0.15) is 4.70 Å². The Balaban J connectivity index is 1.57. The van der Waals surface area contributed by atoms with Gasteiger partial charge in [-0.05, 0) is 72.5 Å².